The van der Waals surface area contributed by atoms with Gasteiger partial charge in [-0.2, -0.15) is 0 Å². The van der Waals surface area contributed by atoms with E-state index in [-0.39, 0.29) is 12.1 Å². The maximum Gasteiger partial charge on any atom is 0.408 e. The van der Waals surface area contributed by atoms with Crippen molar-refractivity contribution in [1.82, 2.24) is 5.32 Å². The number of carbonyl (C=O) groups excluding carboxylic acids is 1. The van der Waals surface area contributed by atoms with Crippen LogP contribution in [0.2, 0.25) is 0 Å². The lowest BCUT2D eigenvalue weighted by atomic mass is 10.1. The molecule has 0 bridgehead atoms. The van der Waals surface area contributed by atoms with Gasteiger partial charge in [0.2, 0.25) is 0 Å². The van der Waals surface area contributed by atoms with Crippen LogP contribution in [0.25, 0.3) is 0 Å². The first-order valence-corrected chi connectivity index (χ1v) is 6.27. The highest BCUT2D eigenvalue weighted by molar-refractivity contribution is 5.68. The van der Waals surface area contributed by atoms with Crippen molar-refractivity contribution in [3.05, 3.63) is 34.9 Å². The van der Waals surface area contributed by atoms with E-state index in [4.69, 9.17) is 9.84 Å². The van der Waals surface area contributed by atoms with Crippen LogP contribution in [0.3, 0.4) is 0 Å². The number of nitrogens with one attached hydrogen (secondary N) is 1. The van der Waals surface area contributed by atoms with E-state index in [1.54, 1.807) is 20.8 Å². The summed E-state index contributed by atoms with van der Waals surface area (Å²) in [5.74, 6) is 3.35. The molecule has 0 atom stereocenters. The largest absolute Gasteiger partial charge is 0.444 e. The van der Waals surface area contributed by atoms with Crippen molar-refractivity contribution in [3.63, 3.8) is 0 Å². The Balaban J connectivity index is 2.62. The average molecular weight is 297 g/mol. The van der Waals surface area contributed by atoms with E-state index in [1.165, 1.54) is 0 Å². The Hall–Kier alpha value is -2.13. The molecule has 0 fully saturated rings. The van der Waals surface area contributed by atoms with Crippen molar-refractivity contribution in [2.45, 2.75) is 33.0 Å². The zero-order chi connectivity index (χ0) is 16.0. The van der Waals surface area contributed by atoms with Crippen LogP contribution in [-0.2, 0) is 11.3 Å². The Kier molecular flexibility index (Phi) is 5.68. The minimum absolute atomic E-state index is 0.0140. The summed E-state index contributed by atoms with van der Waals surface area (Å²) in [6, 6.07) is 2.05. The fourth-order valence-electron chi connectivity index (χ4n) is 1.40. The molecular formula is C15H17F2NO3. The third-order valence-electron chi connectivity index (χ3n) is 2.25. The normalized spacial score (nSPS) is 10.6. The Labute approximate surface area is 122 Å². The van der Waals surface area contributed by atoms with Crippen LogP contribution in [0.5, 0.6) is 0 Å². The van der Waals surface area contributed by atoms with Gasteiger partial charge in [-0.25, -0.2) is 13.6 Å². The molecule has 1 amide bonds. The van der Waals surface area contributed by atoms with E-state index < -0.39 is 35.5 Å². The second-order valence-corrected chi connectivity index (χ2v) is 5.23. The van der Waals surface area contributed by atoms with Crippen LogP contribution in [0, 0.1) is 23.5 Å². The predicted molar refractivity (Wildman–Crippen MR) is 73.4 cm³/mol. The highest BCUT2D eigenvalue weighted by Crippen LogP contribution is 2.14. The molecular weight excluding hydrogens is 280 g/mol. The number of aliphatic hydroxyl groups excluding tert-OH is 1. The van der Waals surface area contributed by atoms with E-state index in [1.807, 2.05) is 0 Å². The average Bonchev–Trinajstić information content (AvgIpc) is 2.32. The summed E-state index contributed by atoms with van der Waals surface area (Å²) < 4.78 is 31.7. The fourth-order valence-corrected chi connectivity index (χ4v) is 1.40. The van der Waals surface area contributed by atoms with Gasteiger partial charge < -0.3 is 15.2 Å². The molecule has 0 aliphatic carbocycles. The Bertz CT molecular complexity index is 560. The Morgan fingerprint density at radius 2 is 1.90 bits per heavy atom. The second-order valence-electron chi connectivity index (χ2n) is 5.23. The number of aliphatic hydroxyl groups is 1. The third-order valence-corrected chi connectivity index (χ3v) is 2.25. The topological polar surface area (TPSA) is 58.6 Å². The van der Waals surface area contributed by atoms with E-state index in [9.17, 15) is 13.6 Å². The van der Waals surface area contributed by atoms with Crippen molar-refractivity contribution >= 4 is 6.09 Å². The molecule has 4 nitrogen and oxygen atoms in total. The number of halogens is 2. The molecule has 0 radical (unpaired) electrons. The minimum atomic E-state index is -0.859. The van der Waals surface area contributed by atoms with Crippen molar-refractivity contribution < 1.29 is 23.4 Å². The summed E-state index contributed by atoms with van der Waals surface area (Å²) in [5.41, 5.74) is -0.884. The number of hydrogen-bond acceptors (Lipinski definition) is 3. The Morgan fingerprint density at radius 3 is 2.38 bits per heavy atom. The van der Waals surface area contributed by atoms with Crippen molar-refractivity contribution in [2.75, 3.05) is 6.54 Å². The van der Waals surface area contributed by atoms with Gasteiger partial charge in [0, 0.05) is 11.1 Å². The highest BCUT2D eigenvalue weighted by atomic mass is 19.1. The first-order chi connectivity index (χ1) is 9.73. The third kappa shape index (κ3) is 5.79. The van der Waals surface area contributed by atoms with Crippen molar-refractivity contribution in [3.8, 4) is 11.8 Å². The molecule has 1 aromatic rings. The van der Waals surface area contributed by atoms with E-state index in [0.717, 1.165) is 12.1 Å². The van der Waals surface area contributed by atoms with Crippen molar-refractivity contribution in [2.24, 2.45) is 0 Å². The Morgan fingerprint density at radius 1 is 1.33 bits per heavy atom. The number of alkyl carbamates (subject to hydrolysis) is 1. The van der Waals surface area contributed by atoms with Crippen LogP contribution in [0.4, 0.5) is 13.6 Å². The summed E-state index contributed by atoms with van der Waals surface area (Å²) >= 11 is 0. The number of ether oxygens (including phenoxy) is 1. The molecule has 0 aliphatic rings. The quantitative estimate of drug-likeness (QED) is 0.824. The summed E-state index contributed by atoms with van der Waals surface area (Å²) in [6.07, 6.45) is -0.621. The molecule has 0 saturated carbocycles. The number of hydrogen-bond donors (Lipinski definition) is 2. The molecule has 0 aliphatic heterocycles. The summed E-state index contributed by atoms with van der Waals surface area (Å²) in [4.78, 5) is 11.3. The summed E-state index contributed by atoms with van der Waals surface area (Å²) in [6.45, 7) is 4.46. The van der Waals surface area contributed by atoms with Gasteiger partial charge >= 0.3 is 6.09 Å². The van der Waals surface area contributed by atoms with E-state index >= 15 is 0 Å². The lowest BCUT2D eigenvalue weighted by Gasteiger charge is -2.19. The first kappa shape index (κ1) is 16.9. The van der Waals surface area contributed by atoms with Crippen LogP contribution in [0.15, 0.2) is 12.1 Å². The smallest absolute Gasteiger partial charge is 0.408 e. The molecule has 0 spiro atoms. The van der Waals surface area contributed by atoms with Crippen molar-refractivity contribution in [1.29, 1.82) is 0 Å². The molecule has 6 heteroatoms. The molecule has 1 rings (SSSR count). The number of rotatable bonds is 2. The lowest BCUT2D eigenvalue weighted by molar-refractivity contribution is 0.0535. The molecule has 114 valence electrons. The van der Waals surface area contributed by atoms with Gasteiger partial charge in [-0.3, -0.25) is 0 Å². The maximum absolute atomic E-state index is 13.4. The fraction of sp³-hybridized carbons (Fsp3) is 0.400. The maximum atomic E-state index is 13.4. The SMILES string of the molecule is CC(C)(C)OC(=O)NCC#Cc1cc(F)c(CO)c(F)c1. The number of benzene rings is 1. The minimum Gasteiger partial charge on any atom is -0.444 e. The van der Waals surface area contributed by atoms with Gasteiger partial charge in [0.25, 0.3) is 0 Å². The monoisotopic (exact) mass is 297 g/mol. The highest BCUT2D eigenvalue weighted by Gasteiger charge is 2.15. The first-order valence-electron chi connectivity index (χ1n) is 6.27. The standard InChI is InChI=1S/C15H17F2NO3/c1-15(2,3)21-14(20)18-6-4-5-10-7-12(16)11(9-19)13(17)8-10/h7-8,19H,6,9H2,1-3H3,(H,18,20). The van der Waals surface area contributed by atoms with Gasteiger partial charge in [-0.15, -0.1) is 0 Å². The zero-order valence-corrected chi connectivity index (χ0v) is 12.1. The van der Waals surface area contributed by atoms with Gasteiger partial charge in [-0.05, 0) is 32.9 Å². The molecule has 1 aromatic carbocycles. The van der Waals surface area contributed by atoms with Gasteiger partial charge in [0.05, 0.1) is 13.2 Å². The summed E-state index contributed by atoms with van der Waals surface area (Å²) in [5, 5.41) is 11.2. The molecule has 21 heavy (non-hydrogen) atoms. The van der Waals surface area contributed by atoms with Crippen LogP contribution < -0.4 is 5.32 Å². The van der Waals surface area contributed by atoms with Crippen LogP contribution in [-0.4, -0.2) is 23.3 Å². The summed E-state index contributed by atoms with van der Waals surface area (Å²) in [7, 11) is 0. The lowest BCUT2D eigenvalue weighted by Crippen LogP contribution is -2.32. The molecule has 2 N–H and O–H groups in total. The second kappa shape index (κ2) is 7.04. The van der Waals surface area contributed by atoms with Gasteiger partial charge in [-0.1, -0.05) is 11.8 Å². The van der Waals surface area contributed by atoms with Gasteiger partial charge in [0.1, 0.15) is 17.2 Å². The van der Waals surface area contributed by atoms with Crippen LogP contribution in [0.1, 0.15) is 31.9 Å². The number of amides is 1. The predicted octanol–water partition coefficient (Wildman–Crippen LogP) is 2.33. The molecule has 0 saturated heterocycles. The zero-order valence-electron chi connectivity index (χ0n) is 12.1. The molecule has 0 unspecified atom stereocenters. The van der Waals surface area contributed by atoms with Gasteiger partial charge in [0.15, 0.2) is 0 Å². The van der Waals surface area contributed by atoms with E-state index in [0.29, 0.717) is 0 Å². The van der Waals surface area contributed by atoms with Crippen LogP contribution >= 0.6 is 0 Å². The molecule has 0 aromatic heterocycles. The molecule has 0 heterocycles. The number of carbonyl (C=O) groups is 1. The van der Waals surface area contributed by atoms with E-state index in [2.05, 4.69) is 17.2 Å².